The van der Waals surface area contributed by atoms with Gasteiger partial charge in [0.2, 0.25) is 5.91 Å². The quantitative estimate of drug-likeness (QED) is 0.708. The third kappa shape index (κ3) is 2.90. The number of aryl methyl sites for hydroxylation is 1. The van der Waals surface area contributed by atoms with Crippen LogP contribution in [0, 0.1) is 6.92 Å². The number of para-hydroxylation sites is 1. The van der Waals surface area contributed by atoms with Crippen LogP contribution in [0.5, 0.6) is 5.75 Å². The second-order valence-corrected chi connectivity index (χ2v) is 8.09. The fraction of sp³-hybridized carbons (Fsp3) is 0.240. The van der Waals surface area contributed by atoms with E-state index in [9.17, 15) is 9.59 Å². The van der Waals surface area contributed by atoms with Crippen molar-refractivity contribution in [3.8, 4) is 5.75 Å². The van der Waals surface area contributed by atoms with Gasteiger partial charge in [0.15, 0.2) is 0 Å². The minimum atomic E-state index is -0.850. The summed E-state index contributed by atoms with van der Waals surface area (Å²) in [5, 5.41) is 3.04. The number of fused-ring (bicyclic) bond motifs is 2. The van der Waals surface area contributed by atoms with E-state index in [0.717, 1.165) is 22.5 Å². The third-order valence-electron chi connectivity index (χ3n) is 6.42. The molecule has 3 heterocycles. The molecule has 156 valence electrons. The standard InChI is InChI=1S/C25H23N3O3/c1-16-10-11-18(15-26-16)23(29)28-13-12-25(20-8-3-4-9-21(20)27-24(25)30)22(28)17-6-5-7-19(14-17)31-2/h3-11,14-15,22H,12-13H2,1-2H3,(H,27,30)/t22-,25+/m0/s1. The predicted molar refractivity (Wildman–Crippen MR) is 117 cm³/mol. The summed E-state index contributed by atoms with van der Waals surface area (Å²) in [6, 6.07) is 18.6. The Labute approximate surface area is 180 Å². The number of nitrogens with zero attached hydrogens (tertiary/aromatic N) is 2. The smallest absolute Gasteiger partial charge is 0.255 e. The SMILES string of the molecule is COc1cccc([C@@H]2N(C(=O)c3ccc(C)nc3)CC[C@]23C(=O)Nc2ccccc23)c1. The van der Waals surface area contributed by atoms with Gasteiger partial charge < -0.3 is 15.0 Å². The maximum Gasteiger partial charge on any atom is 0.255 e. The minimum absolute atomic E-state index is 0.0705. The highest BCUT2D eigenvalue weighted by molar-refractivity contribution is 6.08. The molecule has 2 aliphatic rings. The van der Waals surface area contributed by atoms with Crippen LogP contribution < -0.4 is 10.1 Å². The van der Waals surface area contributed by atoms with Gasteiger partial charge in [-0.1, -0.05) is 30.3 Å². The second kappa shape index (κ2) is 7.23. The number of rotatable bonds is 3. The van der Waals surface area contributed by atoms with Crippen LogP contribution in [0.2, 0.25) is 0 Å². The second-order valence-electron chi connectivity index (χ2n) is 8.09. The first-order valence-electron chi connectivity index (χ1n) is 10.3. The fourth-order valence-electron chi connectivity index (χ4n) is 4.94. The number of aromatic nitrogens is 1. The largest absolute Gasteiger partial charge is 0.497 e. The Bertz CT molecular complexity index is 1170. The molecule has 1 aromatic heterocycles. The number of hydrogen-bond acceptors (Lipinski definition) is 4. The molecule has 1 spiro atoms. The first-order valence-corrected chi connectivity index (χ1v) is 10.3. The molecule has 31 heavy (non-hydrogen) atoms. The molecule has 0 saturated carbocycles. The molecule has 5 rings (SSSR count). The van der Waals surface area contributed by atoms with Crippen molar-refractivity contribution in [1.82, 2.24) is 9.88 Å². The highest BCUT2D eigenvalue weighted by Gasteiger charge is 2.59. The predicted octanol–water partition coefficient (Wildman–Crippen LogP) is 3.88. The van der Waals surface area contributed by atoms with Crippen LogP contribution >= 0.6 is 0 Å². The summed E-state index contributed by atoms with van der Waals surface area (Å²) >= 11 is 0. The van der Waals surface area contributed by atoms with Crippen molar-refractivity contribution in [3.63, 3.8) is 0 Å². The molecule has 2 aromatic carbocycles. The number of nitrogens with one attached hydrogen (secondary N) is 1. The Kier molecular flexibility index (Phi) is 4.50. The van der Waals surface area contributed by atoms with Crippen LogP contribution in [-0.2, 0) is 10.2 Å². The molecule has 2 amide bonds. The number of methoxy groups -OCH3 is 1. The van der Waals surface area contributed by atoms with Gasteiger partial charge in [-0.2, -0.15) is 0 Å². The van der Waals surface area contributed by atoms with E-state index >= 15 is 0 Å². The van der Waals surface area contributed by atoms with E-state index < -0.39 is 11.5 Å². The number of anilines is 1. The van der Waals surface area contributed by atoms with Crippen molar-refractivity contribution >= 4 is 17.5 Å². The molecule has 2 atom stereocenters. The zero-order chi connectivity index (χ0) is 21.6. The number of hydrogen-bond donors (Lipinski definition) is 1. The first-order chi connectivity index (χ1) is 15.0. The van der Waals surface area contributed by atoms with Gasteiger partial charge in [0.05, 0.1) is 18.7 Å². The highest BCUT2D eigenvalue weighted by atomic mass is 16.5. The number of ether oxygens (including phenoxy) is 1. The number of carbonyl (C=O) groups is 2. The summed E-state index contributed by atoms with van der Waals surface area (Å²) in [7, 11) is 1.61. The lowest BCUT2D eigenvalue weighted by Gasteiger charge is -2.34. The van der Waals surface area contributed by atoms with Gasteiger partial charge in [0.1, 0.15) is 11.2 Å². The lowest BCUT2D eigenvalue weighted by atomic mass is 9.72. The minimum Gasteiger partial charge on any atom is -0.497 e. The lowest BCUT2D eigenvalue weighted by molar-refractivity contribution is -0.121. The lowest BCUT2D eigenvalue weighted by Crippen LogP contribution is -2.42. The normalized spacial score (nSPS) is 21.8. The molecule has 6 nitrogen and oxygen atoms in total. The summed E-state index contributed by atoms with van der Waals surface area (Å²) in [5.41, 5.74) is 3.13. The molecule has 1 N–H and O–H groups in total. The molecule has 0 bridgehead atoms. The van der Waals surface area contributed by atoms with E-state index in [4.69, 9.17) is 4.74 Å². The molecule has 0 aliphatic carbocycles. The Morgan fingerprint density at radius 1 is 1.16 bits per heavy atom. The summed E-state index contributed by atoms with van der Waals surface area (Å²) < 4.78 is 5.44. The van der Waals surface area contributed by atoms with Crippen molar-refractivity contribution in [2.24, 2.45) is 0 Å². The van der Waals surface area contributed by atoms with E-state index in [1.807, 2.05) is 66.4 Å². The number of likely N-dealkylation sites (tertiary alicyclic amines) is 1. The molecule has 1 fully saturated rings. The zero-order valence-corrected chi connectivity index (χ0v) is 17.5. The van der Waals surface area contributed by atoms with Crippen LogP contribution in [0.25, 0.3) is 0 Å². The number of pyridine rings is 1. The maximum absolute atomic E-state index is 13.6. The van der Waals surface area contributed by atoms with E-state index in [1.54, 1.807) is 19.4 Å². The molecular formula is C25H23N3O3. The van der Waals surface area contributed by atoms with Crippen molar-refractivity contribution in [1.29, 1.82) is 0 Å². The molecule has 0 unspecified atom stereocenters. The van der Waals surface area contributed by atoms with Gasteiger partial charge in [-0.15, -0.1) is 0 Å². The van der Waals surface area contributed by atoms with E-state index in [2.05, 4.69) is 10.3 Å². The van der Waals surface area contributed by atoms with Gasteiger partial charge in [-0.3, -0.25) is 14.6 Å². The van der Waals surface area contributed by atoms with Crippen molar-refractivity contribution in [2.75, 3.05) is 19.0 Å². The van der Waals surface area contributed by atoms with Crippen molar-refractivity contribution in [2.45, 2.75) is 24.8 Å². The Morgan fingerprint density at radius 3 is 2.77 bits per heavy atom. The molecular weight excluding hydrogens is 390 g/mol. The zero-order valence-electron chi connectivity index (χ0n) is 17.5. The highest BCUT2D eigenvalue weighted by Crippen LogP contribution is 2.55. The number of benzene rings is 2. The third-order valence-corrected chi connectivity index (χ3v) is 6.42. The summed E-state index contributed by atoms with van der Waals surface area (Å²) in [5.74, 6) is 0.490. The maximum atomic E-state index is 13.6. The van der Waals surface area contributed by atoms with Crippen molar-refractivity contribution < 1.29 is 14.3 Å². The Hall–Kier alpha value is -3.67. The van der Waals surface area contributed by atoms with E-state index in [-0.39, 0.29) is 11.8 Å². The number of amides is 2. The summed E-state index contributed by atoms with van der Waals surface area (Å²) in [6.45, 7) is 2.36. The van der Waals surface area contributed by atoms with Gasteiger partial charge >= 0.3 is 0 Å². The topological polar surface area (TPSA) is 71.5 Å². The Morgan fingerprint density at radius 2 is 2.00 bits per heavy atom. The summed E-state index contributed by atoms with van der Waals surface area (Å²) in [4.78, 5) is 33.1. The average molecular weight is 413 g/mol. The average Bonchev–Trinajstić information content (AvgIpc) is 3.33. The monoisotopic (exact) mass is 413 g/mol. The van der Waals surface area contributed by atoms with Crippen LogP contribution in [0.15, 0.2) is 66.9 Å². The van der Waals surface area contributed by atoms with Gasteiger partial charge in [0, 0.05) is 24.1 Å². The van der Waals surface area contributed by atoms with Crippen LogP contribution in [-0.4, -0.2) is 35.4 Å². The van der Waals surface area contributed by atoms with Crippen LogP contribution in [0.4, 0.5) is 5.69 Å². The van der Waals surface area contributed by atoms with Gasteiger partial charge in [0.25, 0.3) is 5.91 Å². The van der Waals surface area contributed by atoms with Crippen LogP contribution in [0.3, 0.4) is 0 Å². The first kappa shape index (κ1) is 19.3. The van der Waals surface area contributed by atoms with Crippen LogP contribution in [0.1, 0.15) is 39.6 Å². The molecule has 3 aromatic rings. The van der Waals surface area contributed by atoms with Gasteiger partial charge in [-0.05, 0) is 54.8 Å². The van der Waals surface area contributed by atoms with E-state index in [0.29, 0.717) is 24.3 Å². The molecule has 1 saturated heterocycles. The molecule has 2 aliphatic heterocycles. The summed E-state index contributed by atoms with van der Waals surface area (Å²) in [6.07, 6.45) is 2.15. The fourth-order valence-corrected chi connectivity index (χ4v) is 4.94. The number of carbonyl (C=O) groups excluding carboxylic acids is 2. The van der Waals surface area contributed by atoms with E-state index in [1.165, 1.54) is 0 Å². The molecule has 0 radical (unpaired) electrons. The Balaban J connectivity index is 1.67. The van der Waals surface area contributed by atoms with Crippen molar-refractivity contribution in [3.05, 3.63) is 89.2 Å². The molecule has 6 heteroatoms. The van der Waals surface area contributed by atoms with Gasteiger partial charge in [-0.25, -0.2) is 0 Å².